The van der Waals surface area contributed by atoms with Crippen LogP contribution in [0.3, 0.4) is 0 Å². The normalized spacial score (nSPS) is 20.1. The van der Waals surface area contributed by atoms with Crippen LogP contribution in [-0.4, -0.2) is 53.3 Å². The molecule has 1 aliphatic heterocycles. The van der Waals surface area contributed by atoms with E-state index < -0.39 is 0 Å². The molecule has 5 heteroatoms. The highest BCUT2D eigenvalue weighted by Crippen LogP contribution is 2.19. The summed E-state index contributed by atoms with van der Waals surface area (Å²) < 4.78 is 0. The summed E-state index contributed by atoms with van der Waals surface area (Å²) in [6.45, 7) is 7.03. The lowest BCUT2D eigenvalue weighted by atomic mass is 10.0. The van der Waals surface area contributed by atoms with Crippen LogP contribution in [-0.2, 0) is 9.59 Å². The van der Waals surface area contributed by atoms with Crippen molar-refractivity contribution in [3.63, 3.8) is 0 Å². The second kappa shape index (κ2) is 6.73. The van der Waals surface area contributed by atoms with Crippen LogP contribution < -0.4 is 5.73 Å². The molecule has 0 unspecified atom stereocenters. The number of carbonyl (C=O) groups excluding carboxylic acids is 2. The molecule has 1 rings (SSSR count). The molecular weight excluding hydrogens is 230 g/mol. The van der Waals surface area contributed by atoms with Gasteiger partial charge >= 0.3 is 0 Å². The highest BCUT2D eigenvalue weighted by Gasteiger charge is 2.28. The minimum Gasteiger partial charge on any atom is -0.338 e. The third kappa shape index (κ3) is 3.70. The van der Waals surface area contributed by atoms with Crippen LogP contribution in [0.15, 0.2) is 0 Å². The second-order valence-corrected chi connectivity index (χ2v) is 5.21. The Hall–Kier alpha value is -1.10. The smallest absolute Gasteiger partial charge is 0.236 e. The Bertz CT molecular complexity index is 305. The molecule has 5 nitrogen and oxygen atoms in total. The number of carbonyl (C=O) groups is 2. The first kappa shape index (κ1) is 15.0. The van der Waals surface area contributed by atoms with E-state index in [1.165, 1.54) is 0 Å². The van der Waals surface area contributed by atoms with Crippen LogP contribution >= 0.6 is 0 Å². The van der Waals surface area contributed by atoms with E-state index in [0.29, 0.717) is 6.54 Å². The maximum Gasteiger partial charge on any atom is 0.236 e. The van der Waals surface area contributed by atoms with Crippen LogP contribution in [0.5, 0.6) is 0 Å². The SMILES string of the molecule is CC(=O)N(C[C@@H]1CCCCN1C(=O)CN)C(C)C. The molecule has 0 spiro atoms. The van der Waals surface area contributed by atoms with Gasteiger partial charge in [-0.05, 0) is 33.1 Å². The zero-order chi connectivity index (χ0) is 13.7. The van der Waals surface area contributed by atoms with Gasteiger partial charge in [0, 0.05) is 32.1 Å². The average molecular weight is 255 g/mol. The molecule has 1 fully saturated rings. The summed E-state index contributed by atoms with van der Waals surface area (Å²) in [5, 5.41) is 0. The fourth-order valence-corrected chi connectivity index (χ4v) is 2.57. The van der Waals surface area contributed by atoms with E-state index in [-0.39, 0.29) is 30.4 Å². The molecule has 1 saturated heterocycles. The third-order valence-electron chi connectivity index (χ3n) is 3.56. The maximum absolute atomic E-state index is 11.8. The zero-order valence-electron chi connectivity index (χ0n) is 11.7. The fourth-order valence-electron chi connectivity index (χ4n) is 2.57. The summed E-state index contributed by atoms with van der Waals surface area (Å²) in [7, 11) is 0. The summed E-state index contributed by atoms with van der Waals surface area (Å²) in [5.41, 5.74) is 5.44. The largest absolute Gasteiger partial charge is 0.338 e. The molecule has 0 bridgehead atoms. The predicted octanol–water partition coefficient (Wildman–Crippen LogP) is 0.583. The van der Waals surface area contributed by atoms with E-state index >= 15 is 0 Å². The Kier molecular flexibility index (Phi) is 5.59. The average Bonchev–Trinajstić information content (AvgIpc) is 2.34. The first-order chi connectivity index (χ1) is 8.47. The second-order valence-electron chi connectivity index (χ2n) is 5.21. The van der Waals surface area contributed by atoms with Gasteiger partial charge in [-0.15, -0.1) is 0 Å². The minimum absolute atomic E-state index is 0.00745. The number of hydrogen-bond donors (Lipinski definition) is 1. The van der Waals surface area contributed by atoms with Gasteiger partial charge in [0.15, 0.2) is 0 Å². The summed E-state index contributed by atoms with van der Waals surface area (Å²) in [5.74, 6) is 0.0580. The summed E-state index contributed by atoms with van der Waals surface area (Å²) in [6, 6.07) is 0.292. The molecule has 0 radical (unpaired) electrons. The number of likely N-dealkylation sites (tertiary alicyclic amines) is 1. The topological polar surface area (TPSA) is 66.6 Å². The van der Waals surface area contributed by atoms with Crippen LogP contribution in [0.4, 0.5) is 0 Å². The number of nitrogens with two attached hydrogens (primary N) is 1. The molecule has 2 N–H and O–H groups in total. The van der Waals surface area contributed by atoms with Crippen LogP contribution in [0.2, 0.25) is 0 Å². The molecule has 0 aromatic rings. The third-order valence-corrected chi connectivity index (χ3v) is 3.56. The van der Waals surface area contributed by atoms with Gasteiger partial charge in [0.1, 0.15) is 0 Å². The number of hydrogen-bond acceptors (Lipinski definition) is 3. The molecule has 18 heavy (non-hydrogen) atoms. The van der Waals surface area contributed by atoms with Gasteiger partial charge in [-0.2, -0.15) is 0 Å². The predicted molar refractivity (Wildman–Crippen MR) is 70.9 cm³/mol. The Balaban J connectivity index is 2.71. The van der Waals surface area contributed by atoms with Crippen molar-refractivity contribution < 1.29 is 9.59 Å². The van der Waals surface area contributed by atoms with Gasteiger partial charge in [-0.1, -0.05) is 0 Å². The molecule has 1 aliphatic rings. The maximum atomic E-state index is 11.8. The Morgan fingerprint density at radius 3 is 2.56 bits per heavy atom. The quantitative estimate of drug-likeness (QED) is 0.799. The fraction of sp³-hybridized carbons (Fsp3) is 0.846. The summed E-state index contributed by atoms with van der Waals surface area (Å²) >= 11 is 0. The summed E-state index contributed by atoms with van der Waals surface area (Å²) in [4.78, 5) is 27.1. The number of nitrogens with zero attached hydrogens (tertiary/aromatic N) is 2. The van der Waals surface area contributed by atoms with Crippen molar-refractivity contribution >= 4 is 11.8 Å². The standard InChI is InChI=1S/C13H25N3O2/c1-10(2)16(11(3)17)9-12-6-4-5-7-15(12)13(18)8-14/h10,12H,4-9,14H2,1-3H3/t12-/m0/s1. The van der Waals surface area contributed by atoms with E-state index in [0.717, 1.165) is 25.8 Å². The van der Waals surface area contributed by atoms with Crippen molar-refractivity contribution in [3.8, 4) is 0 Å². The molecule has 1 heterocycles. The van der Waals surface area contributed by atoms with Gasteiger partial charge in [0.2, 0.25) is 11.8 Å². The molecule has 0 aliphatic carbocycles. The molecule has 0 aromatic carbocycles. The molecule has 104 valence electrons. The lowest BCUT2D eigenvalue weighted by molar-refractivity contribution is -0.138. The van der Waals surface area contributed by atoms with E-state index in [1.54, 1.807) is 6.92 Å². The first-order valence-corrected chi connectivity index (χ1v) is 6.74. The highest BCUT2D eigenvalue weighted by atomic mass is 16.2. The van der Waals surface area contributed by atoms with Crippen molar-refractivity contribution in [2.75, 3.05) is 19.6 Å². The van der Waals surface area contributed by atoms with Crippen molar-refractivity contribution in [3.05, 3.63) is 0 Å². The van der Waals surface area contributed by atoms with Crippen LogP contribution in [0.25, 0.3) is 0 Å². The van der Waals surface area contributed by atoms with Crippen molar-refractivity contribution in [1.29, 1.82) is 0 Å². The summed E-state index contributed by atoms with van der Waals surface area (Å²) in [6.07, 6.45) is 3.11. The van der Waals surface area contributed by atoms with Crippen molar-refractivity contribution in [2.24, 2.45) is 5.73 Å². The Labute approximate surface area is 109 Å². The van der Waals surface area contributed by atoms with Gasteiger partial charge in [0.25, 0.3) is 0 Å². The van der Waals surface area contributed by atoms with E-state index in [9.17, 15) is 9.59 Å². The number of amides is 2. The first-order valence-electron chi connectivity index (χ1n) is 6.74. The molecule has 1 atom stereocenters. The van der Waals surface area contributed by atoms with E-state index in [2.05, 4.69) is 0 Å². The molecular formula is C13H25N3O2. The van der Waals surface area contributed by atoms with Gasteiger partial charge < -0.3 is 15.5 Å². The lowest BCUT2D eigenvalue weighted by Gasteiger charge is -2.39. The minimum atomic E-state index is -0.00745. The van der Waals surface area contributed by atoms with Gasteiger partial charge in [-0.25, -0.2) is 0 Å². The highest BCUT2D eigenvalue weighted by molar-refractivity contribution is 5.78. The number of piperidine rings is 1. The molecule has 0 aromatic heterocycles. The monoisotopic (exact) mass is 255 g/mol. The molecule has 0 saturated carbocycles. The van der Waals surface area contributed by atoms with Crippen LogP contribution in [0.1, 0.15) is 40.0 Å². The van der Waals surface area contributed by atoms with Crippen molar-refractivity contribution in [1.82, 2.24) is 9.80 Å². The zero-order valence-corrected chi connectivity index (χ0v) is 11.7. The van der Waals surface area contributed by atoms with Crippen LogP contribution in [0, 0.1) is 0 Å². The van der Waals surface area contributed by atoms with E-state index in [1.807, 2.05) is 23.6 Å². The molecule has 2 amide bonds. The Morgan fingerprint density at radius 2 is 2.06 bits per heavy atom. The van der Waals surface area contributed by atoms with Crippen molar-refractivity contribution in [2.45, 2.75) is 52.1 Å². The lowest BCUT2D eigenvalue weighted by Crippen LogP contribution is -2.53. The van der Waals surface area contributed by atoms with E-state index in [4.69, 9.17) is 5.73 Å². The Morgan fingerprint density at radius 1 is 1.39 bits per heavy atom. The van der Waals surface area contributed by atoms with Gasteiger partial charge in [0.05, 0.1) is 6.54 Å². The van der Waals surface area contributed by atoms with Gasteiger partial charge in [-0.3, -0.25) is 9.59 Å². The number of rotatable bonds is 4.